The second-order valence-corrected chi connectivity index (χ2v) is 18.2. The molecular weight excluding hydrogens is 785 g/mol. The van der Waals surface area contributed by atoms with Gasteiger partial charge in [0, 0.05) is 42.7 Å². The topological polar surface area (TPSA) is 7.76 Å². The Balaban J connectivity index is 0.999. The van der Waals surface area contributed by atoms with Gasteiger partial charge in [-0.15, -0.1) is 0 Å². The van der Waals surface area contributed by atoms with Gasteiger partial charge in [0.2, 0.25) is 11.4 Å². The summed E-state index contributed by atoms with van der Waals surface area (Å²) in [5.74, 6) is 0. The smallest absolute Gasteiger partial charge is 0.198 e. The minimum Gasteiger partial charge on any atom is -0.198 e. The number of benzene rings is 7. The summed E-state index contributed by atoms with van der Waals surface area (Å²) < 4.78 is 5.15. The van der Waals surface area contributed by atoms with Crippen molar-refractivity contribution in [3.8, 4) is 67.0 Å². The molecule has 2 atom stereocenters. The molecule has 7 aromatic carbocycles. The van der Waals surface area contributed by atoms with Gasteiger partial charge in [0.05, 0.1) is 11.0 Å². The summed E-state index contributed by atoms with van der Waals surface area (Å²) in [6, 6.07) is 70.7. The Bertz CT molecular complexity index is 3140. The van der Waals surface area contributed by atoms with Crippen LogP contribution in [0, 0.1) is 6.92 Å². The number of hydrogen-bond donors (Lipinski definition) is 0. The summed E-state index contributed by atoms with van der Waals surface area (Å²) >= 11 is 0. The average molecular weight is 845 g/mol. The van der Waals surface area contributed by atoms with E-state index in [0.717, 1.165) is 32.2 Å². The SMILES string of the molecule is CCCCc1cc[n+]2c(c1)-c1ccccc1C(CC)(CC[n+]1ccccc1-c1cc(-c3cccc(-c4cc(-c5ccccc5)cc(-c5cccc6ccccc56)c4)c3)ccc1C)C2CC. The van der Waals surface area contributed by atoms with Gasteiger partial charge < -0.3 is 0 Å². The third-order valence-electron chi connectivity index (χ3n) is 14.5. The van der Waals surface area contributed by atoms with Crippen molar-refractivity contribution in [3.05, 3.63) is 217 Å². The molecule has 320 valence electrons. The van der Waals surface area contributed by atoms with E-state index >= 15 is 0 Å². The van der Waals surface area contributed by atoms with Gasteiger partial charge >= 0.3 is 0 Å². The maximum atomic E-state index is 2.63. The Morgan fingerprint density at radius 2 is 1.15 bits per heavy atom. The predicted molar refractivity (Wildman–Crippen MR) is 273 cm³/mol. The van der Waals surface area contributed by atoms with Gasteiger partial charge in [-0.3, -0.25) is 0 Å². The molecule has 2 aromatic heterocycles. The minimum absolute atomic E-state index is 0.00330. The van der Waals surface area contributed by atoms with E-state index < -0.39 is 0 Å². The first-order valence-electron chi connectivity index (χ1n) is 24.0. The van der Waals surface area contributed by atoms with Crippen molar-refractivity contribution in [3.63, 3.8) is 0 Å². The molecule has 2 heteroatoms. The molecule has 0 spiro atoms. The lowest BCUT2D eigenvalue weighted by Crippen LogP contribution is -2.56. The summed E-state index contributed by atoms with van der Waals surface area (Å²) in [7, 11) is 0. The van der Waals surface area contributed by atoms with E-state index in [-0.39, 0.29) is 5.41 Å². The van der Waals surface area contributed by atoms with Crippen LogP contribution in [0.4, 0.5) is 0 Å². The Morgan fingerprint density at radius 1 is 0.492 bits per heavy atom. The van der Waals surface area contributed by atoms with E-state index in [4.69, 9.17) is 0 Å². The standard InChI is InChI=1S/C63H60N2/c1-5-8-20-46-34-37-65-61(39-46)57-28-14-15-30-59(57)63(7-3,62(65)6-2)35-38-64-36-17-16-31-60(64)58-44-51(33-32-45(58)4)49-25-18-26-50(40-49)53-41-52(47-21-10-9-11-22-47)42-54(43-53)56-29-19-24-48-23-12-13-27-55(48)56/h9-19,21-34,36-37,39-44,62H,5-8,20,35,38H2,1-4H3/q+2. The molecule has 65 heavy (non-hydrogen) atoms. The van der Waals surface area contributed by atoms with Crippen molar-refractivity contribution in [1.29, 1.82) is 0 Å². The normalized spacial score (nSPS) is 15.4. The Morgan fingerprint density at radius 3 is 1.98 bits per heavy atom. The first kappa shape index (κ1) is 42.1. The van der Waals surface area contributed by atoms with Gasteiger partial charge in [-0.1, -0.05) is 149 Å². The fourth-order valence-corrected chi connectivity index (χ4v) is 11.1. The maximum Gasteiger partial charge on any atom is 0.213 e. The van der Waals surface area contributed by atoms with Crippen LogP contribution < -0.4 is 9.13 Å². The van der Waals surface area contributed by atoms with Crippen molar-refractivity contribution in [2.75, 3.05) is 0 Å². The monoisotopic (exact) mass is 844 g/mol. The van der Waals surface area contributed by atoms with Crippen LogP contribution in [0.5, 0.6) is 0 Å². The van der Waals surface area contributed by atoms with Gasteiger partial charge in [0.25, 0.3) is 0 Å². The molecule has 0 fully saturated rings. The van der Waals surface area contributed by atoms with Crippen LogP contribution >= 0.6 is 0 Å². The van der Waals surface area contributed by atoms with Crippen LogP contribution in [0.25, 0.3) is 77.8 Å². The van der Waals surface area contributed by atoms with E-state index in [1.165, 1.54) is 107 Å². The van der Waals surface area contributed by atoms with E-state index in [1.807, 2.05) is 0 Å². The highest BCUT2D eigenvalue weighted by Crippen LogP contribution is 2.49. The third kappa shape index (κ3) is 8.01. The summed E-state index contributed by atoms with van der Waals surface area (Å²) in [6.45, 7) is 10.3. The zero-order valence-electron chi connectivity index (χ0n) is 38.5. The number of rotatable bonds is 13. The van der Waals surface area contributed by atoms with Crippen LogP contribution in [0.3, 0.4) is 0 Å². The van der Waals surface area contributed by atoms with Crippen molar-refractivity contribution in [1.82, 2.24) is 0 Å². The van der Waals surface area contributed by atoms with Gasteiger partial charge in [0.1, 0.15) is 6.54 Å². The van der Waals surface area contributed by atoms with Crippen LogP contribution in [0.2, 0.25) is 0 Å². The van der Waals surface area contributed by atoms with Gasteiger partial charge in [-0.2, -0.15) is 9.13 Å². The number of hydrogen-bond acceptors (Lipinski definition) is 0. The van der Waals surface area contributed by atoms with E-state index in [2.05, 4.69) is 237 Å². The number of aryl methyl sites for hydroxylation is 3. The Kier molecular flexibility index (Phi) is 11.8. The van der Waals surface area contributed by atoms with Crippen molar-refractivity contribution in [2.24, 2.45) is 0 Å². The van der Waals surface area contributed by atoms with E-state index in [0.29, 0.717) is 6.04 Å². The summed E-state index contributed by atoms with van der Waals surface area (Å²) in [5.41, 5.74) is 19.3. The molecule has 0 aliphatic carbocycles. The number of nitrogens with zero attached hydrogens (tertiary/aromatic N) is 2. The highest BCUT2D eigenvalue weighted by Gasteiger charge is 2.50. The van der Waals surface area contributed by atoms with Crippen molar-refractivity contribution in [2.45, 2.75) is 84.2 Å². The molecule has 1 aliphatic heterocycles. The van der Waals surface area contributed by atoms with E-state index in [9.17, 15) is 0 Å². The van der Waals surface area contributed by atoms with Crippen molar-refractivity contribution >= 4 is 10.8 Å². The van der Waals surface area contributed by atoms with E-state index in [1.54, 1.807) is 0 Å². The predicted octanol–water partition coefficient (Wildman–Crippen LogP) is 15.8. The molecule has 0 amide bonds. The molecule has 0 radical (unpaired) electrons. The summed E-state index contributed by atoms with van der Waals surface area (Å²) in [4.78, 5) is 0. The molecule has 0 saturated carbocycles. The molecule has 9 aromatic rings. The molecule has 10 rings (SSSR count). The average Bonchev–Trinajstić information content (AvgIpc) is 3.37. The lowest BCUT2D eigenvalue weighted by atomic mass is 9.65. The third-order valence-corrected chi connectivity index (χ3v) is 14.5. The Hall–Kier alpha value is -6.90. The molecule has 2 unspecified atom stereocenters. The Labute approximate surface area is 386 Å². The molecule has 0 bridgehead atoms. The highest BCUT2D eigenvalue weighted by molar-refractivity contribution is 5.98. The number of aromatic nitrogens is 2. The zero-order chi connectivity index (χ0) is 44.3. The lowest BCUT2D eigenvalue weighted by Gasteiger charge is -2.41. The number of pyridine rings is 2. The summed E-state index contributed by atoms with van der Waals surface area (Å²) in [6.07, 6.45) is 11.5. The first-order chi connectivity index (χ1) is 32.0. The van der Waals surface area contributed by atoms with Crippen LogP contribution in [-0.2, 0) is 18.4 Å². The lowest BCUT2D eigenvalue weighted by molar-refractivity contribution is -0.730. The molecular formula is C63H60N2+2. The molecule has 1 aliphatic rings. The zero-order valence-corrected chi connectivity index (χ0v) is 38.5. The summed E-state index contributed by atoms with van der Waals surface area (Å²) in [5, 5.41) is 2.52. The van der Waals surface area contributed by atoms with Crippen molar-refractivity contribution < 1.29 is 9.13 Å². The molecule has 3 heterocycles. The molecule has 2 nitrogen and oxygen atoms in total. The fourth-order valence-electron chi connectivity index (χ4n) is 11.1. The largest absolute Gasteiger partial charge is 0.213 e. The maximum absolute atomic E-state index is 2.63. The van der Waals surface area contributed by atoms with Gasteiger partial charge in [-0.05, 0) is 141 Å². The van der Waals surface area contributed by atoms with Crippen LogP contribution in [-0.4, -0.2) is 0 Å². The van der Waals surface area contributed by atoms with Crippen LogP contribution in [0.1, 0.15) is 75.6 Å². The fraction of sp³-hybridized carbons (Fsp3) is 0.206. The number of unbranched alkanes of at least 4 members (excludes halogenated alkanes) is 1. The van der Waals surface area contributed by atoms with Gasteiger partial charge in [0.15, 0.2) is 18.4 Å². The quantitative estimate of drug-likeness (QED) is 0.102. The first-order valence-corrected chi connectivity index (χ1v) is 24.0. The van der Waals surface area contributed by atoms with Gasteiger partial charge in [-0.25, -0.2) is 0 Å². The molecule has 0 saturated heterocycles. The molecule has 0 N–H and O–H groups in total. The highest BCUT2D eigenvalue weighted by atomic mass is 15.0. The second kappa shape index (κ2) is 18.3. The minimum atomic E-state index is -0.00330. The second-order valence-electron chi connectivity index (χ2n) is 18.2. The number of fused-ring (bicyclic) bond motifs is 4. The van der Waals surface area contributed by atoms with Crippen LogP contribution in [0.15, 0.2) is 200 Å².